The average Bonchev–Trinajstić information content (AvgIpc) is 3.10. The number of hydrogen-bond acceptors (Lipinski definition) is 4. The third kappa shape index (κ3) is 2.80. The summed E-state index contributed by atoms with van der Waals surface area (Å²) < 4.78 is 29.0. The molecule has 3 aromatic rings. The molecule has 0 radical (unpaired) electrons. The molecule has 0 spiro atoms. The number of imidazole rings is 1. The minimum atomic E-state index is -2.63. The number of para-hydroxylation sites is 2. The molecule has 0 aliphatic carbocycles. The van der Waals surface area contributed by atoms with Crippen LogP contribution in [0.25, 0.3) is 11.0 Å². The molecule has 0 aliphatic heterocycles. The van der Waals surface area contributed by atoms with E-state index in [4.69, 9.17) is 5.26 Å². The van der Waals surface area contributed by atoms with Crippen molar-refractivity contribution in [1.82, 2.24) is 19.3 Å². The summed E-state index contributed by atoms with van der Waals surface area (Å²) in [7, 11) is 0. The van der Waals surface area contributed by atoms with Crippen molar-refractivity contribution in [3.8, 4) is 6.07 Å². The van der Waals surface area contributed by atoms with Crippen molar-refractivity contribution in [2.24, 2.45) is 0 Å². The second kappa shape index (κ2) is 6.15. The van der Waals surface area contributed by atoms with Crippen LogP contribution in [0.3, 0.4) is 0 Å². The average molecular weight is 319 g/mol. The van der Waals surface area contributed by atoms with Gasteiger partial charge in [0.15, 0.2) is 5.16 Å². The molecule has 0 fully saturated rings. The van der Waals surface area contributed by atoms with E-state index >= 15 is 0 Å². The Bertz CT molecular complexity index is 833. The van der Waals surface area contributed by atoms with Crippen LogP contribution in [-0.2, 0) is 6.54 Å². The SMILES string of the molecule is N#Cc1cnn(CCSc2nc3ccccc3n2C(F)F)c1. The van der Waals surface area contributed by atoms with Crippen LogP contribution in [0, 0.1) is 11.3 Å². The maximum atomic E-state index is 13.2. The van der Waals surface area contributed by atoms with Gasteiger partial charge in [-0.25, -0.2) is 4.98 Å². The molecule has 0 saturated carbocycles. The van der Waals surface area contributed by atoms with Crippen LogP contribution in [0.15, 0.2) is 41.8 Å². The van der Waals surface area contributed by atoms with Crippen molar-refractivity contribution < 1.29 is 8.78 Å². The highest BCUT2D eigenvalue weighted by molar-refractivity contribution is 7.99. The van der Waals surface area contributed by atoms with Gasteiger partial charge in [0.05, 0.1) is 29.3 Å². The lowest BCUT2D eigenvalue weighted by Gasteiger charge is -2.07. The number of halogens is 2. The largest absolute Gasteiger partial charge is 0.321 e. The smallest absolute Gasteiger partial charge is 0.271 e. The van der Waals surface area contributed by atoms with Crippen LogP contribution in [0.5, 0.6) is 0 Å². The number of aryl methyl sites for hydroxylation is 1. The van der Waals surface area contributed by atoms with Crippen LogP contribution in [-0.4, -0.2) is 25.1 Å². The van der Waals surface area contributed by atoms with Gasteiger partial charge < -0.3 is 0 Å². The fraction of sp³-hybridized carbons (Fsp3) is 0.214. The molecule has 0 saturated heterocycles. The second-order valence-electron chi connectivity index (χ2n) is 4.48. The molecule has 2 aromatic heterocycles. The van der Waals surface area contributed by atoms with E-state index in [2.05, 4.69) is 10.1 Å². The highest BCUT2D eigenvalue weighted by Gasteiger charge is 2.17. The standard InChI is InChI=1S/C14H11F2N5S/c15-13(16)21-12-4-2-1-3-11(12)19-14(21)22-6-5-20-9-10(7-17)8-18-20/h1-4,8-9,13H,5-6H2. The van der Waals surface area contributed by atoms with Gasteiger partial charge in [-0.15, -0.1) is 0 Å². The Kier molecular flexibility index (Phi) is 4.06. The lowest BCUT2D eigenvalue weighted by molar-refractivity contribution is 0.0656. The number of hydrogen-bond donors (Lipinski definition) is 0. The lowest BCUT2D eigenvalue weighted by atomic mass is 10.3. The monoisotopic (exact) mass is 319 g/mol. The molecule has 2 heterocycles. The number of alkyl halides is 2. The zero-order chi connectivity index (χ0) is 15.5. The summed E-state index contributed by atoms with van der Waals surface area (Å²) in [6, 6.07) is 8.82. The van der Waals surface area contributed by atoms with Gasteiger partial charge in [-0.1, -0.05) is 23.9 Å². The van der Waals surface area contributed by atoms with E-state index < -0.39 is 6.55 Å². The topological polar surface area (TPSA) is 59.4 Å². The quantitative estimate of drug-likeness (QED) is 0.677. The van der Waals surface area contributed by atoms with E-state index in [1.54, 1.807) is 35.1 Å². The fourth-order valence-corrected chi connectivity index (χ4v) is 3.03. The Balaban J connectivity index is 1.76. The summed E-state index contributed by atoms with van der Waals surface area (Å²) in [6.45, 7) is -2.12. The number of rotatable bonds is 5. The van der Waals surface area contributed by atoms with Gasteiger partial charge in [0.25, 0.3) is 0 Å². The van der Waals surface area contributed by atoms with Gasteiger partial charge in [0.2, 0.25) is 0 Å². The molecule has 5 nitrogen and oxygen atoms in total. The first-order valence-corrected chi connectivity index (χ1v) is 7.48. The minimum absolute atomic E-state index is 0.281. The van der Waals surface area contributed by atoms with Crippen LogP contribution in [0.1, 0.15) is 12.1 Å². The summed E-state index contributed by atoms with van der Waals surface area (Å²) in [4.78, 5) is 4.25. The maximum absolute atomic E-state index is 13.2. The Labute approximate surface area is 129 Å². The van der Waals surface area contributed by atoms with E-state index in [1.165, 1.54) is 18.0 Å². The van der Waals surface area contributed by atoms with Gasteiger partial charge in [0, 0.05) is 11.9 Å². The second-order valence-corrected chi connectivity index (χ2v) is 5.55. The summed E-state index contributed by atoms with van der Waals surface area (Å²) >= 11 is 1.24. The van der Waals surface area contributed by atoms with Crippen molar-refractivity contribution >= 4 is 22.8 Å². The predicted molar refractivity (Wildman–Crippen MR) is 78.7 cm³/mol. The highest BCUT2D eigenvalue weighted by Crippen LogP contribution is 2.29. The molecule has 0 aliphatic rings. The molecule has 0 unspecified atom stereocenters. The van der Waals surface area contributed by atoms with E-state index in [-0.39, 0.29) is 5.16 Å². The van der Waals surface area contributed by atoms with Gasteiger partial charge in [0.1, 0.15) is 6.07 Å². The van der Waals surface area contributed by atoms with Crippen LogP contribution in [0.4, 0.5) is 8.78 Å². The number of benzene rings is 1. The van der Waals surface area contributed by atoms with E-state index in [9.17, 15) is 8.78 Å². The predicted octanol–water partition coefficient (Wildman–Crippen LogP) is 3.29. The molecule has 8 heteroatoms. The third-order valence-corrected chi connectivity index (χ3v) is 4.01. The first-order valence-electron chi connectivity index (χ1n) is 6.49. The molecular formula is C14H11F2N5S. The van der Waals surface area contributed by atoms with Gasteiger partial charge in [-0.05, 0) is 12.1 Å². The zero-order valence-electron chi connectivity index (χ0n) is 11.4. The van der Waals surface area contributed by atoms with Crippen molar-refractivity contribution in [2.45, 2.75) is 18.3 Å². The Morgan fingerprint density at radius 3 is 2.86 bits per heavy atom. The van der Waals surface area contributed by atoms with E-state index in [0.29, 0.717) is 28.9 Å². The van der Waals surface area contributed by atoms with E-state index in [0.717, 1.165) is 4.57 Å². The normalized spacial score (nSPS) is 11.2. The summed E-state index contributed by atoms with van der Waals surface area (Å²) in [6.07, 6.45) is 3.09. The number of aromatic nitrogens is 4. The fourth-order valence-electron chi connectivity index (χ4n) is 2.09. The molecule has 22 heavy (non-hydrogen) atoms. The Hall–Kier alpha value is -2.40. The molecule has 0 amide bonds. The number of nitrogens with zero attached hydrogens (tertiary/aromatic N) is 5. The number of fused-ring (bicyclic) bond motifs is 1. The Morgan fingerprint density at radius 2 is 2.14 bits per heavy atom. The van der Waals surface area contributed by atoms with E-state index in [1.807, 2.05) is 6.07 Å². The van der Waals surface area contributed by atoms with Crippen LogP contribution >= 0.6 is 11.8 Å². The van der Waals surface area contributed by atoms with Gasteiger partial charge >= 0.3 is 6.55 Å². The van der Waals surface area contributed by atoms with Crippen molar-refractivity contribution in [3.05, 3.63) is 42.2 Å². The minimum Gasteiger partial charge on any atom is -0.271 e. The molecule has 0 atom stereocenters. The molecule has 0 N–H and O–H groups in total. The number of nitriles is 1. The van der Waals surface area contributed by atoms with Crippen molar-refractivity contribution in [1.29, 1.82) is 5.26 Å². The molecule has 1 aromatic carbocycles. The highest BCUT2D eigenvalue weighted by atomic mass is 32.2. The first kappa shape index (κ1) is 14.5. The maximum Gasteiger partial charge on any atom is 0.321 e. The van der Waals surface area contributed by atoms with Crippen molar-refractivity contribution in [3.63, 3.8) is 0 Å². The van der Waals surface area contributed by atoms with Crippen molar-refractivity contribution in [2.75, 3.05) is 5.75 Å². The summed E-state index contributed by atoms with van der Waals surface area (Å²) in [5, 5.41) is 13.0. The number of thioether (sulfide) groups is 1. The lowest BCUT2D eigenvalue weighted by Crippen LogP contribution is -2.04. The zero-order valence-corrected chi connectivity index (χ0v) is 12.2. The third-order valence-electron chi connectivity index (χ3n) is 3.07. The molecule has 112 valence electrons. The Morgan fingerprint density at radius 1 is 1.32 bits per heavy atom. The van der Waals surface area contributed by atoms with Gasteiger partial charge in [-0.2, -0.15) is 19.1 Å². The van der Waals surface area contributed by atoms with Gasteiger partial charge in [-0.3, -0.25) is 9.25 Å². The van der Waals surface area contributed by atoms with Crippen LogP contribution < -0.4 is 0 Å². The molecule has 0 bridgehead atoms. The van der Waals surface area contributed by atoms with Crippen LogP contribution in [0.2, 0.25) is 0 Å². The summed E-state index contributed by atoms with van der Waals surface area (Å²) in [5.74, 6) is 0.530. The summed E-state index contributed by atoms with van der Waals surface area (Å²) in [5.41, 5.74) is 1.45. The molecule has 3 rings (SSSR count). The first-order chi connectivity index (χ1) is 10.7. The molecular weight excluding hydrogens is 308 g/mol.